The van der Waals surface area contributed by atoms with Gasteiger partial charge in [-0.15, -0.1) is 0 Å². The predicted molar refractivity (Wildman–Crippen MR) is 51.1 cm³/mol. The molecule has 0 fully saturated rings. The number of rotatable bonds is 2. The fourth-order valence-electron chi connectivity index (χ4n) is 0.856. The summed E-state index contributed by atoms with van der Waals surface area (Å²) < 4.78 is 34.6. The van der Waals surface area contributed by atoms with Crippen LogP contribution in [0.4, 0.5) is 10.1 Å². The number of hydrogen-bond donors (Lipinski definition) is 0. The zero-order valence-electron chi connectivity index (χ0n) is 6.78. The number of hydrogen-bond acceptors (Lipinski definition) is 4. The molecule has 0 N–H and O–H groups in total. The molecule has 5 nitrogen and oxygen atoms in total. The Morgan fingerprint density at radius 1 is 1.40 bits per heavy atom. The van der Waals surface area contributed by atoms with Crippen LogP contribution in [-0.2, 0) is 9.05 Å². The Balaban J connectivity index is 3.64. The third-order valence-electron chi connectivity index (χ3n) is 1.46. The first-order valence-corrected chi connectivity index (χ1v) is 6.00. The Morgan fingerprint density at radius 3 is 2.33 bits per heavy atom. The van der Waals surface area contributed by atoms with Crippen LogP contribution in [0.5, 0.6) is 0 Å². The summed E-state index contributed by atoms with van der Waals surface area (Å²) in [7, 11) is 0.504. The summed E-state index contributed by atoms with van der Waals surface area (Å²) in [5.74, 6) is -1.10. The van der Waals surface area contributed by atoms with Crippen LogP contribution >= 0.6 is 22.3 Å². The minimum atomic E-state index is -4.39. The van der Waals surface area contributed by atoms with Crippen molar-refractivity contribution < 1.29 is 17.7 Å². The van der Waals surface area contributed by atoms with Gasteiger partial charge in [-0.25, -0.2) is 12.8 Å². The molecule has 0 spiro atoms. The summed E-state index contributed by atoms with van der Waals surface area (Å²) in [5, 5.41) is 9.88. The molecule has 0 unspecified atom stereocenters. The molecule has 1 rings (SSSR count). The summed E-state index contributed by atoms with van der Waals surface area (Å²) >= 11 is 5.26. The van der Waals surface area contributed by atoms with E-state index >= 15 is 0 Å². The zero-order chi connectivity index (χ0) is 11.8. The second kappa shape index (κ2) is 3.92. The maximum absolute atomic E-state index is 12.9. The second-order valence-electron chi connectivity index (χ2n) is 2.43. The molecule has 0 heterocycles. The van der Waals surface area contributed by atoms with Gasteiger partial charge in [-0.3, -0.25) is 10.1 Å². The first-order valence-electron chi connectivity index (χ1n) is 3.31. The van der Waals surface area contributed by atoms with E-state index in [1.165, 1.54) is 0 Å². The molecule has 15 heavy (non-hydrogen) atoms. The molecule has 0 aliphatic rings. The van der Waals surface area contributed by atoms with Gasteiger partial charge in [-0.1, -0.05) is 11.6 Å². The first kappa shape index (κ1) is 12.2. The third kappa shape index (κ3) is 2.55. The van der Waals surface area contributed by atoms with Gasteiger partial charge in [-0.05, 0) is 0 Å². The van der Waals surface area contributed by atoms with E-state index in [-0.39, 0.29) is 0 Å². The van der Waals surface area contributed by atoms with E-state index < -0.39 is 35.4 Å². The van der Waals surface area contributed by atoms with E-state index in [0.717, 1.165) is 0 Å². The normalized spacial score (nSPS) is 11.4. The lowest BCUT2D eigenvalue weighted by Gasteiger charge is -2.00. The van der Waals surface area contributed by atoms with Crippen LogP contribution < -0.4 is 0 Å². The average Bonchev–Trinajstić information content (AvgIpc) is 2.06. The molecule has 0 aliphatic heterocycles. The van der Waals surface area contributed by atoms with Crippen molar-refractivity contribution in [1.82, 2.24) is 0 Å². The van der Waals surface area contributed by atoms with Gasteiger partial charge in [0.1, 0.15) is 5.82 Å². The summed E-state index contributed by atoms with van der Waals surface area (Å²) in [4.78, 5) is 8.50. The molecule has 0 amide bonds. The summed E-state index contributed by atoms with van der Waals surface area (Å²) in [6.45, 7) is 0. The van der Waals surface area contributed by atoms with Crippen LogP contribution in [0.15, 0.2) is 17.0 Å². The highest BCUT2D eigenvalue weighted by molar-refractivity contribution is 8.13. The van der Waals surface area contributed by atoms with E-state index in [9.17, 15) is 22.9 Å². The van der Waals surface area contributed by atoms with Crippen LogP contribution in [-0.4, -0.2) is 13.3 Å². The van der Waals surface area contributed by atoms with Crippen molar-refractivity contribution in [2.24, 2.45) is 0 Å². The molecule has 0 bridgehead atoms. The Hall–Kier alpha value is -0.920. The van der Waals surface area contributed by atoms with Crippen molar-refractivity contribution in [2.75, 3.05) is 0 Å². The quantitative estimate of drug-likeness (QED) is 0.471. The van der Waals surface area contributed by atoms with Crippen LogP contribution in [0.1, 0.15) is 0 Å². The Labute approximate surface area is 93.0 Å². The van der Waals surface area contributed by atoms with E-state index in [0.29, 0.717) is 12.1 Å². The molecule has 82 valence electrons. The van der Waals surface area contributed by atoms with Gasteiger partial charge >= 0.3 is 0 Å². The highest BCUT2D eigenvalue weighted by Gasteiger charge is 2.26. The minimum absolute atomic E-state index is 0.406. The number of halogens is 3. The molecule has 0 aliphatic carbocycles. The highest BCUT2D eigenvalue weighted by atomic mass is 35.7. The van der Waals surface area contributed by atoms with Crippen molar-refractivity contribution in [3.63, 3.8) is 0 Å². The zero-order valence-corrected chi connectivity index (χ0v) is 9.11. The Morgan fingerprint density at radius 2 is 1.93 bits per heavy atom. The van der Waals surface area contributed by atoms with Crippen LogP contribution in [0.25, 0.3) is 0 Å². The molecule has 1 aromatic carbocycles. The van der Waals surface area contributed by atoms with Gasteiger partial charge in [0.25, 0.3) is 14.7 Å². The van der Waals surface area contributed by atoms with E-state index in [2.05, 4.69) is 0 Å². The van der Waals surface area contributed by atoms with Gasteiger partial charge in [0, 0.05) is 22.8 Å². The van der Waals surface area contributed by atoms with Crippen molar-refractivity contribution >= 4 is 37.0 Å². The van der Waals surface area contributed by atoms with Crippen molar-refractivity contribution in [2.45, 2.75) is 4.90 Å². The van der Waals surface area contributed by atoms with E-state index in [4.69, 9.17) is 22.3 Å². The molecule has 1 aromatic rings. The molecule has 0 saturated heterocycles. The monoisotopic (exact) mass is 273 g/mol. The van der Waals surface area contributed by atoms with Gasteiger partial charge in [0.15, 0.2) is 4.90 Å². The summed E-state index contributed by atoms with van der Waals surface area (Å²) in [5.41, 5.74) is -0.864. The smallest absolute Gasteiger partial charge is 0.258 e. The lowest BCUT2D eigenvalue weighted by molar-refractivity contribution is -0.387. The molecule has 0 saturated carbocycles. The van der Waals surface area contributed by atoms with Gasteiger partial charge in [0.05, 0.1) is 9.95 Å². The highest BCUT2D eigenvalue weighted by Crippen LogP contribution is 2.31. The van der Waals surface area contributed by atoms with Gasteiger partial charge in [-0.2, -0.15) is 0 Å². The van der Waals surface area contributed by atoms with E-state index in [1.807, 2.05) is 0 Å². The number of nitro benzene ring substituents is 1. The van der Waals surface area contributed by atoms with Crippen molar-refractivity contribution in [1.29, 1.82) is 0 Å². The predicted octanol–water partition coefficient (Wildman–Crippen LogP) is 2.31. The molecular formula is C6H2Cl2FNO4S. The molecule has 0 radical (unpaired) electrons. The van der Waals surface area contributed by atoms with Crippen molar-refractivity contribution in [3.05, 3.63) is 33.1 Å². The molecule has 0 aromatic heterocycles. The standard InChI is InChI=1S/C6H2Cl2FNO4S/c7-3-1-5(10(11)12)6(2-4(3)9)15(8,13)14/h1-2H. The SMILES string of the molecule is O=[N+]([O-])c1cc(Cl)c(F)cc1S(=O)(=O)Cl. The number of nitro groups is 1. The fourth-order valence-corrected chi connectivity index (χ4v) is 2.01. The van der Waals surface area contributed by atoms with Gasteiger partial charge in [0.2, 0.25) is 0 Å². The van der Waals surface area contributed by atoms with Crippen LogP contribution in [0.2, 0.25) is 5.02 Å². The average molecular weight is 274 g/mol. The molecule has 9 heteroatoms. The largest absolute Gasteiger partial charge is 0.290 e. The number of nitrogens with zero attached hydrogens (tertiary/aromatic N) is 1. The molecular weight excluding hydrogens is 272 g/mol. The fraction of sp³-hybridized carbons (Fsp3) is 0. The Bertz CT molecular complexity index is 530. The maximum Gasteiger partial charge on any atom is 0.290 e. The summed E-state index contributed by atoms with van der Waals surface area (Å²) in [6, 6.07) is 0.995. The van der Waals surface area contributed by atoms with Crippen LogP contribution in [0, 0.1) is 15.9 Å². The number of benzene rings is 1. The topological polar surface area (TPSA) is 77.3 Å². The third-order valence-corrected chi connectivity index (χ3v) is 3.10. The van der Waals surface area contributed by atoms with Crippen molar-refractivity contribution in [3.8, 4) is 0 Å². The van der Waals surface area contributed by atoms with Crippen LogP contribution in [0.3, 0.4) is 0 Å². The first-order chi connectivity index (χ1) is 6.73. The lowest BCUT2D eigenvalue weighted by Crippen LogP contribution is -2.00. The minimum Gasteiger partial charge on any atom is -0.258 e. The maximum atomic E-state index is 12.9. The van der Waals surface area contributed by atoms with Gasteiger partial charge < -0.3 is 0 Å². The molecule has 0 atom stereocenters. The lowest BCUT2D eigenvalue weighted by atomic mass is 10.3. The summed E-state index contributed by atoms with van der Waals surface area (Å²) in [6.07, 6.45) is 0. The second-order valence-corrected chi connectivity index (χ2v) is 5.37. The van der Waals surface area contributed by atoms with E-state index in [1.54, 1.807) is 0 Å². The Kier molecular flexibility index (Phi) is 3.17.